The van der Waals surface area contributed by atoms with Gasteiger partial charge in [-0.05, 0) is 53.8 Å². The van der Waals surface area contributed by atoms with Crippen LogP contribution in [-0.4, -0.2) is 11.8 Å². The van der Waals surface area contributed by atoms with Gasteiger partial charge in [0.1, 0.15) is 0 Å². The summed E-state index contributed by atoms with van der Waals surface area (Å²) in [7, 11) is 0. The van der Waals surface area contributed by atoms with Crippen molar-refractivity contribution in [2.45, 2.75) is 26.2 Å². The molecule has 2 aromatic rings. The van der Waals surface area contributed by atoms with Gasteiger partial charge in [0, 0.05) is 22.8 Å². The number of nitrogens with one attached hydrogen (secondary N) is 2. The molecule has 0 spiro atoms. The molecule has 0 bridgehead atoms. The highest BCUT2D eigenvalue weighted by Crippen LogP contribution is 2.26. The van der Waals surface area contributed by atoms with E-state index in [1.165, 1.54) is 5.56 Å². The van der Waals surface area contributed by atoms with Crippen molar-refractivity contribution < 1.29 is 9.59 Å². The number of hydrogen-bond donors (Lipinski definition) is 2. The fourth-order valence-corrected chi connectivity index (χ4v) is 3.06. The van der Waals surface area contributed by atoms with Gasteiger partial charge in [0.25, 0.3) is 0 Å². The van der Waals surface area contributed by atoms with Gasteiger partial charge in [-0.2, -0.15) is 0 Å². The number of carbonyl (C=O) groups excluding carboxylic acids is 2. The molecule has 0 saturated heterocycles. The molecule has 0 fully saturated rings. The average Bonchev–Trinajstić information content (AvgIpc) is 2.88. The molecule has 5 heteroatoms. The van der Waals surface area contributed by atoms with Crippen LogP contribution in [0.25, 0.3) is 0 Å². The quantitative estimate of drug-likeness (QED) is 0.861. The lowest BCUT2D eigenvalue weighted by Crippen LogP contribution is -2.16. The molecule has 2 amide bonds. The first kappa shape index (κ1) is 16.5. The number of amides is 2. The molecule has 124 valence electrons. The molecule has 0 saturated carbocycles. The van der Waals surface area contributed by atoms with Crippen LogP contribution in [0.1, 0.15) is 24.5 Å². The number of hydrogen-bond acceptors (Lipinski definition) is 2. The summed E-state index contributed by atoms with van der Waals surface area (Å²) in [6.07, 6.45) is 1.64. The maximum absolute atomic E-state index is 12.2. The topological polar surface area (TPSA) is 58.2 Å². The van der Waals surface area contributed by atoms with Gasteiger partial charge in [-0.25, -0.2) is 0 Å². The van der Waals surface area contributed by atoms with Gasteiger partial charge < -0.3 is 10.6 Å². The van der Waals surface area contributed by atoms with Gasteiger partial charge in [0.2, 0.25) is 11.8 Å². The van der Waals surface area contributed by atoms with Crippen LogP contribution >= 0.6 is 11.6 Å². The Hall–Kier alpha value is -2.33. The summed E-state index contributed by atoms with van der Waals surface area (Å²) in [6, 6.07) is 13.2. The zero-order valence-corrected chi connectivity index (χ0v) is 14.2. The lowest BCUT2D eigenvalue weighted by atomic mass is 9.98. The van der Waals surface area contributed by atoms with E-state index in [9.17, 15) is 9.59 Å². The van der Waals surface area contributed by atoms with Crippen LogP contribution < -0.4 is 10.6 Å². The van der Waals surface area contributed by atoms with Crippen LogP contribution in [-0.2, 0) is 22.4 Å². The number of rotatable bonds is 5. The molecule has 0 aliphatic carbocycles. The van der Waals surface area contributed by atoms with Crippen molar-refractivity contribution >= 4 is 34.8 Å². The minimum absolute atomic E-state index is 0.00920. The molecule has 4 nitrogen and oxygen atoms in total. The van der Waals surface area contributed by atoms with E-state index in [-0.39, 0.29) is 17.7 Å². The smallest absolute Gasteiger partial charge is 0.228 e. The van der Waals surface area contributed by atoms with E-state index >= 15 is 0 Å². The first-order chi connectivity index (χ1) is 11.5. The third kappa shape index (κ3) is 4.15. The minimum atomic E-state index is -0.0197. The molecule has 1 unspecified atom stereocenters. The molecular weight excluding hydrogens is 324 g/mol. The predicted octanol–water partition coefficient (Wildman–Crippen LogP) is 4.04. The molecule has 1 aliphatic rings. The maximum Gasteiger partial charge on any atom is 0.228 e. The summed E-state index contributed by atoms with van der Waals surface area (Å²) in [5.74, 6) is 0.197. The molecule has 2 N–H and O–H groups in total. The third-order valence-corrected chi connectivity index (χ3v) is 4.30. The van der Waals surface area contributed by atoms with Gasteiger partial charge in [-0.3, -0.25) is 9.59 Å². The van der Waals surface area contributed by atoms with Crippen LogP contribution in [0.5, 0.6) is 0 Å². The van der Waals surface area contributed by atoms with Crippen LogP contribution in [0.2, 0.25) is 5.02 Å². The molecular formula is C19H19ClN2O2. The Balaban J connectivity index is 1.54. The van der Waals surface area contributed by atoms with E-state index in [2.05, 4.69) is 17.6 Å². The summed E-state index contributed by atoms with van der Waals surface area (Å²) in [5.41, 5.74) is 3.65. The Morgan fingerprint density at radius 2 is 2.00 bits per heavy atom. The van der Waals surface area contributed by atoms with Crippen molar-refractivity contribution in [2.75, 3.05) is 10.6 Å². The second-order valence-electron chi connectivity index (χ2n) is 6.28. The minimum Gasteiger partial charge on any atom is -0.326 e. The maximum atomic E-state index is 12.2. The molecule has 24 heavy (non-hydrogen) atoms. The summed E-state index contributed by atoms with van der Waals surface area (Å²) in [6.45, 7) is 2.06. The number of carbonyl (C=O) groups is 2. The highest BCUT2D eigenvalue weighted by atomic mass is 35.5. The summed E-state index contributed by atoms with van der Waals surface area (Å²) in [5, 5.41) is 6.41. The number of anilines is 2. The van der Waals surface area contributed by atoms with Crippen molar-refractivity contribution in [1.82, 2.24) is 0 Å². The zero-order chi connectivity index (χ0) is 17.1. The van der Waals surface area contributed by atoms with E-state index < -0.39 is 0 Å². The molecule has 0 aromatic heterocycles. The number of halogens is 1. The fraction of sp³-hybridized carbons (Fsp3) is 0.263. The summed E-state index contributed by atoms with van der Waals surface area (Å²) in [4.78, 5) is 23.6. The van der Waals surface area contributed by atoms with Crippen molar-refractivity contribution in [3.05, 3.63) is 58.6 Å². The normalized spacial score (nSPS) is 14.0. The molecule has 1 aliphatic heterocycles. The largest absolute Gasteiger partial charge is 0.326 e. The molecule has 1 heterocycles. The zero-order valence-electron chi connectivity index (χ0n) is 13.4. The van der Waals surface area contributed by atoms with E-state index in [0.717, 1.165) is 23.4 Å². The Morgan fingerprint density at radius 3 is 2.75 bits per heavy atom. The van der Waals surface area contributed by atoms with Gasteiger partial charge in [0.05, 0.1) is 6.42 Å². The molecule has 2 aromatic carbocycles. The second kappa shape index (κ2) is 7.05. The van der Waals surface area contributed by atoms with Gasteiger partial charge in [0.15, 0.2) is 0 Å². The standard InChI is InChI=1S/C19H19ClN2O2/c1-12(8-13-2-4-15(20)5-3-13)9-18(23)21-16-6-7-17-14(10-16)11-19(24)22-17/h2-7,10,12H,8-9,11H2,1H3,(H,21,23)(H,22,24). The fourth-order valence-electron chi connectivity index (χ4n) is 2.93. The van der Waals surface area contributed by atoms with Gasteiger partial charge >= 0.3 is 0 Å². The second-order valence-corrected chi connectivity index (χ2v) is 6.72. The van der Waals surface area contributed by atoms with E-state index in [1.54, 1.807) is 0 Å². The van der Waals surface area contributed by atoms with Crippen molar-refractivity contribution in [1.29, 1.82) is 0 Å². The van der Waals surface area contributed by atoms with Crippen molar-refractivity contribution in [2.24, 2.45) is 5.92 Å². The Morgan fingerprint density at radius 1 is 1.25 bits per heavy atom. The Kier molecular flexibility index (Phi) is 4.86. The highest BCUT2D eigenvalue weighted by Gasteiger charge is 2.18. The Bertz CT molecular complexity index is 771. The first-order valence-corrected chi connectivity index (χ1v) is 8.34. The lowest BCUT2D eigenvalue weighted by molar-refractivity contribution is -0.117. The van der Waals surface area contributed by atoms with E-state index in [0.29, 0.717) is 17.9 Å². The van der Waals surface area contributed by atoms with Crippen LogP contribution in [0.4, 0.5) is 11.4 Å². The van der Waals surface area contributed by atoms with E-state index in [1.807, 2.05) is 42.5 Å². The summed E-state index contributed by atoms with van der Waals surface area (Å²) < 4.78 is 0. The lowest BCUT2D eigenvalue weighted by Gasteiger charge is -2.12. The molecule has 1 atom stereocenters. The third-order valence-electron chi connectivity index (χ3n) is 4.05. The summed E-state index contributed by atoms with van der Waals surface area (Å²) >= 11 is 5.88. The predicted molar refractivity (Wildman–Crippen MR) is 96.3 cm³/mol. The first-order valence-electron chi connectivity index (χ1n) is 7.96. The van der Waals surface area contributed by atoms with Crippen molar-refractivity contribution in [3.8, 4) is 0 Å². The van der Waals surface area contributed by atoms with E-state index in [4.69, 9.17) is 11.6 Å². The van der Waals surface area contributed by atoms with Crippen molar-refractivity contribution in [3.63, 3.8) is 0 Å². The van der Waals surface area contributed by atoms with Gasteiger partial charge in [-0.15, -0.1) is 0 Å². The van der Waals surface area contributed by atoms with Gasteiger partial charge in [-0.1, -0.05) is 30.7 Å². The van der Waals surface area contributed by atoms with Crippen LogP contribution in [0.15, 0.2) is 42.5 Å². The number of benzene rings is 2. The number of fused-ring (bicyclic) bond motifs is 1. The average molecular weight is 343 g/mol. The highest BCUT2D eigenvalue weighted by molar-refractivity contribution is 6.30. The van der Waals surface area contributed by atoms with Crippen LogP contribution in [0, 0.1) is 5.92 Å². The monoisotopic (exact) mass is 342 g/mol. The molecule has 3 rings (SSSR count). The van der Waals surface area contributed by atoms with Crippen LogP contribution in [0.3, 0.4) is 0 Å². The Labute approximate surface area is 146 Å². The SMILES string of the molecule is CC(CC(=O)Nc1ccc2c(c1)CC(=O)N2)Cc1ccc(Cl)cc1. The molecule has 0 radical (unpaired) electrons.